The number of anilines is 4. The lowest BCUT2D eigenvalue weighted by atomic mass is 10.2. The molecule has 164 valence electrons. The largest absolute Gasteiger partial charge is 0.399 e. The van der Waals surface area contributed by atoms with E-state index in [1.807, 2.05) is 51.2 Å². The van der Waals surface area contributed by atoms with Crippen molar-refractivity contribution in [2.24, 2.45) is 0 Å². The van der Waals surface area contributed by atoms with Gasteiger partial charge >= 0.3 is 0 Å². The number of aryl methyl sites for hydroxylation is 1. The van der Waals surface area contributed by atoms with E-state index in [0.29, 0.717) is 5.95 Å². The molecule has 0 radical (unpaired) electrons. The molecule has 1 fully saturated rings. The van der Waals surface area contributed by atoms with Crippen molar-refractivity contribution in [1.29, 1.82) is 0 Å². The van der Waals surface area contributed by atoms with E-state index >= 15 is 0 Å². The Bertz CT molecular complexity index is 968. The molecule has 6 nitrogen and oxygen atoms in total. The molecule has 1 aliphatic rings. The van der Waals surface area contributed by atoms with Crippen LogP contribution in [0.5, 0.6) is 0 Å². The summed E-state index contributed by atoms with van der Waals surface area (Å²) in [6, 6.07) is 16.3. The van der Waals surface area contributed by atoms with Crippen molar-refractivity contribution >= 4 is 34.8 Å². The lowest BCUT2D eigenvalue weighted by Crippen LogP contribution is -2.44. The second-order valence-corrected chi connectivity index (χ2v) is 8.38. The molecule has 0 bridgehead atoms. The van der Waals surface area contributed by atoms with Crippen LogP contribution in [0.4, 0.5) is 23.0 Å². The highest BCUT2D eigenvalue weighted by Crippen LogP contribution is 2.30. The first-order chi connectivity index (χ1) is 15.1. The predicted octanol–water partition coefficient (Wildman–Crippen LogP) is 5.04. The van der Waals surface area contributed by atoms with Gasteiger partial charge in [-0.15, -0.1) is 0 Å². The average molecular weight is 437 g/mol. The normalized spacial score (nSPS) is 14.0. The number of nitrogens with one attached hydrogen (secondary N) is 1. The standard InChI is InChI=1S/C22H26N6S.C2H6/c1-16-15-24-22(26-21(16)29-20-8-6-17(23)7-9-20)25-18-4-3-5-19(14-18)28-12-10-27(2)11-13-28;1-2/h3-9,14-15H,10-13,23H2,1-2H3,(H,24,25,26);1-2H3. The summed E-state index contributed by atoms with van der Waals surface area (Å²) in [6.07, 6.45) is 1.86. The molecule has 3 aromatic rings. The maximum atomic E-state index is 5.78. The van der Waals surface area contributed by atoms with Crippen molar-refractivity contribution in [1.82, 2.24) is 14.9 Å². The van der Waals surface area contributed by atoms with Crippen LogP contribution < -0.4 is 16.0 Å². The summed E-state index contributed by atoms with van der Waals surface area (Å²) in [5.41, 5.74) is 9.81. The Morgan fingerprint density at radius 3 is 2.42 bits per heavy atom. The fraction of sp³-hybridized carbons (Fsp3) is 0.333. The number of nitrogens with zero attached hydrogens (tertiary/aromatic N) is 4. The number of aromatic nitrogens is 2. The first-order valence-corrected chi connectivity index (χ1v) is 11.6. The van der Waals surface area contributed by atoms with Gasteiger partial charge in [0.25, 0.3) is 0 Å². The van der Waals surface area contributed by atoms with Gasteiger partial charge in [-0.3, -0.25) is 0 Å². The van der Waals surface area contributed by atoms with E-state index in [-0.39, 0.29) is 0 Å². The van der Waals surface area contributed by atoms with Crippen molar-refractivity contribution in [2.75, 3.05) is 49.2 Å². The van der Waals surface area contributed by atoms with Gasteiger partial charge in [-0.1, -0.05) is 31.7 Å². The topological polar surface area (TPSA) is 70.3 Å². The molecule has 2 heterocycles. The molecular weight excluding hydrogens is 404 g/mol. The van der Waals surface area contributed by atoms with Crippen molar-refractivity contribution < 1.29 is 0 Å². The van der Waals surface area contributed by atoms with E-state index in [1.165, 1.54) is 5.69 Å². The average Bonchev–Trinajstić information content (AvgIpc) is 2.80. The highest BCUT2D eigenvalue weighted by Gasteiger charge is 2.14. The number of piperazine rings is 1. The monoisotopic (exact) mass is 436 g/mol. The Labute approximate surface area is 189 Å². The highest BCUT2D eigenvalue weighted by molar-refractivity contribution is 7.99. The fourth-order valence-electron chi connectivity index (χ4n) is 3.21. The molecule has 31 heavy (non-hydrogen) atoms. The molecular formula is C24H32N6S. The molecule has 0 atom stereocenters. The third-order valence-electron chi connectivity index (χ3n) is 4.99. The number of likely N-dealkylation sites (N-methyl/N-ethyl adjacent to an activating group) is 1. The number of nitrogen functional groups attached to an aromatic ring is 1. The third kappa shape index (κ3) is 6.35. The van der Waals surface area contributed by atoms with Crippen LogP contribution in [0.1, 0.15) is 19.4 Å². The summed E-state index contributed by atoms with van der Waals surface area (Å²) >= 11 is 1.61. The molecule has 1 aromatic heterocycles. The van der Waals surface area contributed by atoms with Crippen LogP contribution in [0.25, 0.3) is 0 Å². The summed E-state index contributed by atoms with van der Waals surface area (Å²) in [4.78, 5) is 15.1. The molecule has 3 N–H and O–H groups in total. The Balaban J connectivity index is 0.00000132. The van der Waals surface area contributed by atoms with Gasteiger partial charge in [-0.25, -0.2) is 9.97 Å². The maximum absolute atomic E-state index is 5.78. The van der Waals surface area contributed by atoms with Gasteiger partial charge in [-0.05, 0) is 56.4 Å². The molecule has 4 rings (SSSR count). The van der Waals surface area contributed by atoms with E-state index in [4.69, 9.17) is 10.7 Å². The number of hydrogen-bond donors (Lipinski definition) is 2. The van der Waals surface area contributed by atoms with Crippen molar-refractivity contribution in [3.63, 3.8) is 0 Å². The van der Waals surface area contributed by atoms with Crippen LogP contribution in [0.2, 0.25) is 0 Å². The van der Waals surface area contributed by atoms with Crippen molar-refractivity contribution in [3.05, 3.63) is 60.3 Å². The van der Waals surface area contributed by atoms with Crippen LogP contribution >= 0.6 is 11.8 Å². The van der Waals surface area contributed by atoms with Gasteiger partial charge in [0, 0.05) is 59.9 Å². The Kier molecular flexibility index (Phi) is 8.14. The van der Waals surface area contributed by atoms with E-state index in [0.717, 1.165) is 53.0 Å². The number of benzene rings is 2. The van der Waals surface area contributed by atoms with Gasteiger partial charge in [-0.2, -0.15) is 0 Å². The summed E-state index contributed by atoms with van der Waals surface area (Å²) in [5, 5.41) is 4.29. The minimum Gasteiger partial charge on any atom is -0.399 e. The molecule has 1 aliphatic heterocycles. The van der Waals surface area contributed by atoms with Crippen LogP contribution in [0.3, 0.4) is 0 Å². The zero-order valence-electron chi connectivity index (χ0n) is 18.8. The summed E-state index contributed by atoms with van der Waals surface area (Å²) < 4.78 is 0. The van der Waals surface area contributed by atoms with Crippen LogP contribution in [0, 0.1) is 6.92 Å². The Morgan fingerprint density at radius 1 is 1.00 bits per heavy atom. The first kappa shape index (κ1) is 22.9. The lowest BCUT2D eigenvalue weighted by Gasteiger charge is -2.34. The zero-order chi connectivity index (χ0) is 22.2. The zero-order valence-corrected chi connectivity index (χ0v) is 19.6. The quantitative estimate of drug-likeness (QED) is 0.429. The van der Waals surface area contributed by atoms with Gasteiger partial charge in [0.05, 0.1) is 0 Å². The minimum atomic E-state index is 0.601. The van der Waals surface area contributed by atoms with E-state index in [1.54, 1.807) is 11.8 Å². The van der Waals surface area contributed by atoms with E-state index < -0.39 is 0 Å². The van der Waals surface area contributed by atoms with E-state index in [9.17, 15) is 0 Å². The van der Waals surface area contributed by atoms with Gasteiger partial charge < -0.3 is 20.9 Å². The maximum Gasteiger partial charge on any atom is 0.228 e. The van der Waals surface area contributed by atoms with Crippen molar-refractivity contribution in [2.45, 2.75) is 30.7 Å². The van der Waals surface area contributed by atoms with Crippen LogP contribution in [-0.4, -0.2) is 48.1 Å². The lowest BCUT2D eigenvalue weighted by molar-refractivity contribution is 0.313. The van der Waals surface area contributed by atoms with Crippen molar-refractivity contribution in [3.8, 4) is 0 Å². The van der Waals surface area contributed by atoms with E-state index in [2.05, 4.69) is 51.4 Å². The second kappa shape index (κ2) is 11.0. The molecule has 2 aromatic carbocycles. The first-order valence-electron chi connectivity index (χ1n) is 10.7. The smallest absolute Gasteiger partial charge is 0.228 e. The molecule has 7 heteroatoms. The minimum absolute atomic E-state index is 0.601. The molecule has 0 aliphatic carbocycles. The molecule has 0 amide bonds. The molecule has 0 unspecified atom stereocenters. The number of hydrogen-bond acceptors (Lipinski definition) is 7. The number of rotatable bonds is 5. The molecule has 0 spiro atoms. The fourth-order valence-corrected chi connectivity index (χ4v) is 4.05. The SMILES string of the molecule is CC.Cc1cnc(Nc2cccc(N3CCN(C)CC3)c2)nc1Sc1ccc(N)cc1. The predicted molar refractivity (Wildman–Crippen MR) is 133 cm³/mol. The summed E-state index contributed by atoms with van der Waals surface area (Å²) in [5.74, 6) is 0.601. The van der Waals surface area contributed by atoms with Gasteiger partial charge in [0.2, 0.25) is 5.95 Å². The van der Waals surface area contributed by atoms with Gasteiger partial charge in [0.1, 0.15) is 5.03 Å². The highest BCUT2D eigenvalue weighted by atomic mass is 32.2. The number of nitrogens with two attached hydrogens (primary N) is 1. The third-order valence-corrected chi connectivity index (χ3v) is 6.11. The second-order valence-electron chi connectivity index (χ2n) is 7.32. The molecule has 0 saturated carbocycles. The Hall–Kier alpha value is -2.77. The summed E-state index contributed by atoms with van der Waals surface area (Å²) in [7, 11) is 2.17. The van der Waals surface area contributed by atoms with Crippen LogP contribution in [0.15, 0.2) is 64.6 Å². The summed E-state index contributed by atoms with van der Waals surface area (Å²) in [6.45, 7) is 10.3. The molecule has 1 saturated heterocycles. The van der Waals surface area contributed by atoms with Gasteiger partial charge in [0.15, 0.2) is 0 Å². The Morgan fingerprint density at radius 2 is 1.71 bits per heavy atom. The van der Waals surface area contributed by atoms with Crippen LogP contribution in [-0.2, 0) is 0 Å².